The Bertz CT molecular complexity index is 399. The molecule has 0 radical (unpaired) electrons. The fourth-order valence-electron chi connectivity index (χ4n) is 1.58. The van der Waals surface area contributed by atoms with Crippen molar-refractivity contribution >= 4 is 12.2 Å². The highest BCUT2D eigenvalue weighted by Gasteiger charge is 2.04. The highest BCUT2D eigenvalue weighted by Crippen LogP contribution is 2.01. The van der Waals surface area contributed by atoms with Crippen LogP contribution in [-0.2, 0) is 11.3 Å². The van der Waals surface area contributed by atoms with Crippen LogP contribution in [0.1, 0.15) is 36.2 Å². The molecule has 1 aromatic carbocycles. The zero-order valence-corrected chi connectivity index (χ0v) is 11.6. The molecule has 0 bridgehead atoms. The molecule has 19 heavy (non-hydrogen) atoms. The second-order valence-electron chi connectivity index (χ2n) is 4.84. The van der Waals surface area contributed by atoms with E-state index in [1.165, 1.54) is 0 Å². The van der Waals surface area contributed by atoms with Crippen molar-refractivity contribution in [1.82, 2.24) is 10.6 Å². The molecule has 0 fully saturated rings. The third kappa shape index (κ3) is 6.15. The lowest BCUT2D eigenvalue weighted by atomic mass is 10.1. The van der Waals surface area contributed by atoms with E-state index >= 15 is 0 Å². The smallest absolute Gasteiger partial charge is 0.222 e. The van der Waals surface area contributed by atoms with Gasteiger partial charge in [0, 0.05) is 24.6 Å². The van der Waals surface area contributed by atoms with Gasteiger partial charge in [0.05, 0.1) is 0 Å². The molecular formula is C15H22N2O2. The first kappa shape index (κ1) is 15.4. The van der Waals surface area contributed by atoms with Crippen molar-refractivity contribution < 1.29 is 9.59 Å². The van der Waals surface area contributed by atoms with Crippen LogP contribution in [0.15, 0.2) is 24.3 Å². The second kappa shape index (κ2) is 8.43. The molecule has 0 spiro atoms. The van der Waals surface area contributed by atoms with Crippen LogP contribution in [-0.4, -0.2) is 25.3 Å². The van der Waals surface area contributed by atoms with Crippen molar-refractivity contribution in [2.75, 3.05) is 13.1 Å². The topological polar surface area (TPSA) is 58.2 Å². The van der Waals surface area contributed by atoms with E-state index in [1.807, 2.05) is 38.1 Å². The van der Waals surface area contributed by atoms with Gasteiger partial charge in [-0.2, -0.15) is 0 Å². The molecule has 1 rings (SSSR count). The monoisotopic (exact) mass is 262 g/mol. The number of carbonyl (C=O) groups excluding carboxylic acids is 2. The predicted molar refractivity (Wildman–Crippen MR) is 76.0 cm³/mol. The maximum atomic E-state index is 11.3. The number of aldehydes is 1. The Hall–Kier alpha value is -1.68. The number of amides is 1. The Morgan fingerprint density at radius 2 is 1.89 bits per heavy atom. The largest absolute Gasteiger partial charge is 0.356 e. The number of hydrogen-bond acceptors (Lipinski definition) is 3. The van der Waals surface area contributed by atoms with Crippen LogP contribution in [0.25, 0.3) is 0 Å². The van der Waals surface area contributed by atoms with Gasteiger partial charge >= 0.3 is 0 Å². The maximum absolute atomic E-state index is 11.3. The lowest BCUT2D eigenvalue weighted by Gasteiger charge is -2.08. The van der Waals surface area contributed by atoms with E-state index in [0.717, 1.165) is 31.4 Å². The summed E-state index contributed by atoms with van der Waals surface area (Å²) in [6.07, 6.45) is 1.75. The van der Waals surface area contributed by atoms with Gasteiger partial charge in [-0.3, -0.25) is 9.59 Å². The summed E-state index contributed by atoms with van der Waals surface area (Å²) >= 11 is 0. The standard InChI is InChI=1S/C15H22N2O2/c1-12(2)15(19)17-9-3-8-16-10-13-4-6-14(11-18)7-5-13/h4-7,11-12,16H,3,8-10H2,1-2H3,(H,17,19). The SMILES string of the molecule is CC(C)C(=O)NCCCNCc1ccc(C=O)cc1. The summed E-state index contributed by atoms with van der Waals surface area (Å²) in [7, 11) is 0. The molecule has 104 valence electrons. The van der Waals surface area contributed by atoms with Crippen LogP contribution in [0.3, 0.4) is 0 Å². The molecule has 4 nitrogen and oxygen atoms in total. The van der Waals surface area contributed by atoms with E-state index in [0.29, 0.717) is 12.1 Å². The molecule has 0 atom stereocenters. The van der Waals surface area contributed by atoms with Crippen molar-refractivity contribution in [1.29, 1.82) is 0 Å². The molecule has 0 aliphatic carbocycles. The summed E-state index contributed by atoms with van der Waals surface area (Å²) in [5.41, 5.74) is 1.84. The van der Waals surface area contributed by atoms with Crippen molar-refractivity contribution in [3.05, 3.63) is 35.4 Å². The molecule has 4 heteroatoms. The van der Waals surface area contributed by atoms with Gasteiger partial charge in [0.25, 0.3) is 0 Å². The summed E-state index contributed by atoms with van der Waals surface area (Å²) in [6, 6.07) is 7.51. The van der Waals surface area contributed by atoms with Crippen molar-refractivity contribution in [2.45, 2.75) is 26.8 Å². The van der Waals surface area contributed by atoms with Gasteiger partial charge in [-0.05, 0) is 18.5 Å². The summed E-state index contributed by atoms with van der Waals surface area (Å²) in [5, 5.41) is 6.18. The predicted octanol–water partition coefficient (Wildman–Crippen LogP) is 1.75. The number of rotatable bonds is 8. The summed E-state index contributed by atoms with van der Waals surface area (Å²) in [5.74, 6) is 0.147. The van der Waals surface area contributed by atoms with Crippen LogP contribution in [0, 0.1) is 5.92 Å². The summed E-state index contributed by atoms with van der Waals surface area (Å²) in [6.45, 7) is 6.10. The van der Waals surface area contributed by atoms with Crippen LogP contribution >= 0.6 is 0 Å². The first-order chi connectivity index (χ1) is 9.13. The second-order valence-corrected chi connectivity index (χ2v) is 4.84. The van der Waals surface area contributed by atoms with E-state index in [9.17, 15) is 9.59 Å². The molecule has 1 amide bonds. The molecule has 0 saturated carbocycles. The first-order valence-corrected chi connectivity index (χ1v) is 6.66. The van der Waals surface area contributed by atoms with Gasteiger partial charge in [0.15, 0.2) is 0 Å². The number of benzene rings is 1. The molecular weight excluding hydrogens is 240 g/mol. The highest BCUT2D eigenvalue weighted by atomic mass is 16.1. The molecule has 0 aliphatic rings. The van der Waals surface area contributed by atoms with E-state index in [-0.39, 0.29) is 11.8 Å². The average molecular weight is 262 g/mol. The number of hydrogen-bond donors (Lipinski definition) is 2. The van der Waals surface area contributed by atoms with Crippen LogP contribution < -0.4 is 10.6 Å². The van der Waals surface area contributed by atoms with Crippen molar-refractivity contribution in [3.63, 3.8) is 0 Å². The normalized spacial score (nSPS) is 10.5. The van der Waals surface area contributed by atoms with Gasteiger partial charge in [0.1, 0.15) is 6.29 Å². The number of nitrogens with one attached hydrogen (secondary N) is 2. The minimum absolute atomic E-state index is 0.0456. The van der Waals surface area contributed by atoms with Crippen LogP contribution in [0.4, 0.5) is 0 Å². The molecule has 0 saturated heterocycles. The minimum atomic E-state index is 0.0456. The summed E-state index contributed by atoms with van der Waals surface area (Å²) < 4.78 is 0. The fourth-order valence-corrected chi connectivity index (χ4v) is 1.58. The maximum Gasteiger partial charge on any atom is 0.222 e. The van der Waals surface area contributed by atoms with Gasteiger partial charge in [-0.15, -0.1) is 0 Å². The molecule has 0 heterocycles. The third-order valence-corrected chi connectivity index (χ3v) is 2.80. The molecule has 0 aliphatic heterocycles. The fraction of sp³-hybridized carbons (Fsp3) is 0.467. The average Bonchev–Trinajstić information content (AvgIpc) is 2.42. The lowest BCUT2D eigenvalue weighted by molar-refractivity contribution is -0.123. The Labute approximate surface area is 114 Å². The third-order valence-electron chi connectivity index (χ3n) is 2.80. The van der Waals surface area contributed by atoms with Gasteiger partial charge in [-0.25, -0.2) is 0 Å². The van der Waals surface area contributed by atoms with Crippen LogP contribution in [0.5, 0.6) is 0 Å². The zero-order valence-electron chi connectivity index (χ0n) is 11.6. The Morgan fingerprint density at radius 1 is 1.21 bits per heavy atom. The van der Waals surface area contributed by atoms with E-state index < -0.39 is 0 Å². The first-order valence-electron chi connectivity index (χ1n) is 6.66. The Morgan fingerprint density at radius 3 is 2.47 bits per heavy atom. The van der Waals surface area contributed by atoms with Gasteiger partial charge in [-0.1, -0.05) is 38.1 Å². The lowest BCUT2D eigenvalue weighted by Crippen LogP contribution is -2.30. The quantitative estimate of drug-likeness (QED) is 0.554. The number of carbonyl (C=O) groups is 2. The van der Waals surface area contributed by atoms with Crippen LogP contribution in [0.2, 0.25) is 0 Å². The highest BCUT2D eigenvalue weighted by molar-refractivity contribution is 5.77. The summed E-state index contributed by atoms with van der Waals surface area (Å²) in [4.78, 5) is 21.8. The van der Waals surface area contributed by atoms with Gasteiger partial charge in [0.2, 0.25) is 5.91 Å². The molecule has 2 N–H and O–H groups in total. The van der Waals surface area contributed by atoms with Crippen molar-refractivity contribution in [2.24, 2.45) is 5.92 Å². The molecule has 0 aromatic heterocycles. The van der Waals surface area contributed by atoms with E-state index in [4.69, 9.17) is 0 Å². The minimum Gasteiger partial charge on any atom is -0.356 e. The Kier molecular flexibility index (Phi) is 6.82. The van der Waals surface area contributed by atoms with E-state index in [1.54, 1.807) is 0 Å². The van der Waals surface area contributed by atoms with Gasteiger partial charge < -0.3 is 10.6 Å². The Balaban J connectivity index is 2.10. The molecule has 1 aromatic rings. The zero-order chi connectivity index (χ0) is 14.1. The molecule has 0 unspecified atom stereocenters. The van der Waals surface area contributed by atoms with E-state index in [2.05, 4.69) is 10.6 Å². The van der Waals surface area contributed by atoms with Crippen molar-refractivity contribution in [3.8, 4) is 0 Å².